The maximum Gasteiger partial charge on any atom is 0.267 e. The molecule has 136 valence electrons. The number of fused-ring (bicyclic) bond motifs is 1. The average Bonchev–Trinajstić information content (AvgIpc) is 3.21. The number of amides is 1. The topological polar surface area (TPSA) is 55.6 Å². The molecule has 2 heterocycles. The Bertz CT molecular complexity index is 1130. The molecule has 2 aromatic heterocycles. The number of anilines is 1. The normalized spacial score (nSPS) is 10.9. The Morgan fingerprint density at radius 1 is 1.22 bits per heavy atom. The lowest BCUT2D eigenvalue weighted by atomic mass is 10.2. The third-order valence-corrected chi connectivity index (χ3v) is 5.62. The lowest BCUT2D eigenvalue weighted by Gasteiger charge is -2.04. The molecule has 0 aliphatic carbocycles. The molecule has 0 aliphatic heterocycles. The van der Waals surface area contributed by atoms with E-state index < -0.39 is 0 Å². The van der Waals surface area contributed by atoms with Crippen molar-refractivity contribution in [3.8, 4) is 17.0 Å². The summed E-state index contributed by atoms with van der Waals surface area (Å²) in [5, 5.41) is 3.46. The van der Waals surface area contributed by atoms with Crippen LogP contribution < -0.4 is 10.1 Å². The first kappa shape index (κ1) is 17.6. The van der Waals surface area contributed by atoms with E-state index in [1.54, 1.807) is 31.4 Å². The number of benzene rings is 2. The molecule has 0 radical (unpaired) electrons. The number of imidazole rings is 1. The fourth-order valence-corrected chi connectivity index (χ4v) is 4.01. The van der Waals surface area contributed by atoms with Gasteiger partial charge in [0.15, 0.2) is 4.96 Å². The van der Waals surface area contributed by atoms with Crippen molar-refractivity contribution in [2.75, 3.05) is 12.4 Å². The number of aryl methyl sites for hydroxylation is 1. The molecule has 5 nitrogen and oxygen atoms in total. The number of halogens is 1. The molecule has 0 unspecified atom stereocenters. The minimum Gasteiger partial charge on any atom is -0.497 e. The van der Waals surface area contributed by atoms with Crippen molar-refractivity contribution in [3.63, 3.8) is 0 Å². The summed E-state index contributed by atoms with van der Waals surface area (Å²) in [4.78, 5) is 18.7. The number of hydrogen-bond donors (Lipinski definition) is 1. The fourth-order valence-electron chi connectivity index (χ4n) is 2.82. The van der Waals surface area contributed by atoms with E-state index in [0.29, 0.717) is 15.6 Å². The summed E-state index contributed by atoms with van der Waals surface area (Å²) in [5.74, 6) is 0.632. The van der Waals surface area contributed by atoms with Crippen LogP contribution in [0.5, 0.6) is 5.75 Å². The van der Waals surface area contributed by atoms with Gasteiger partial charge in [-0.2, -0.15) is 0 Å². The molecule has 4 aromatic rings. The summed E-state index contributed by atoms with van der Waals surface area (Å²) < 4.78 is 7.13. The van der Waals surface area contributed by atoms with Gasteiger partial charge in [0, 0.05) is 28.2 Å². The summed E-state index contributed by atoms with van der Waals surface area (Å²) in [7, 11) is 1.64. The second kappa shape index (κ2) is 7.06. The number of ether oxygens (including phenoxy) is 1. The van der Waals surface area contributed by atoms with Crippen LogP contribution in [0.15, 0.2) is 54.7 Å². The number of hydrogen-bond acceptors (Lipinski definition) is 4. The highest BCUT2D eigenvalue weighted by Gasteiger charge is 2.18. The Labute approximate surface area is 165 Å². The number of nitrogens with zero attached hydrogens (tertiary/aromatic N) is 2. The van der Waals surface area contributed by atoms with Gasteiger partial charge in [-0.1, -0.05) is 29.0 Å². The lowest BCUT2D eigenvalue weighted by Crippen LogP contribution is -2.11. The van der Waals surface area contributed by atoms with Crippen LogP contribution in [0.3, 0.4) is 0 Å². The minimum atomic E-state index is -0.170. The average molecular weight is 398 g/mol. The molecule has 1 amide bonds. The Balaban J connectivity index is 1.62. The van der Waals surface area contributed by atoms with Gasteiger partial charge in [0.1, 0.15) is 10.6 Å². The van der Waals surface area contributed by atoms with Gasteiger partial charge in [-0.3, -0.25) is 9.20 Å². The highest BCUT2D eigenvalue weighted by molar-refractivity contribution is 7.19. The Morgan fingerprint density at radius 3 is 2.67 bits per heavy atom. The second-order valence-electron chi connectivity index (χ2n) is 5.99. The Kier molecular flexibility index (Phi) is 4.59. The van der Waals surface area contributed by atoms with Gasteiger partial charge in [0.25, 0.3) is 5.91 Å². The van der Waals surface area contributed by atoms with E-state index >= 15 is 0 Å². The largest absolute Gasteiger partial charge is 0.497 e. The van der Waals surface area contributed by atoms with Gasteiger partial charge < -0.3 is 10.1 Å². The van der Waals surface area contributed by atoms with E-state index in [2.05, 4.69) is 10.3 Å². The van der Waals surface area contributed by atoms with Crippen molar-refractivity contribution in [2.24, 2.45) is 0 Å². The molecule has 0 spiro atoms. The SMILES string of the molecule is COc1ccc(-c2cn3c(C)c(C(=O)Nc4cccc(Cl)c4)sc3n2)cc1. The number of thiazole rings is 1. The van der Waals surface area contributed by atoms with E-state index in [1.807, 2.05) is 41.8 Å². The van der Waals surface area contributed by atoms with Crippen LogP contribution in [0, 0.1) is 6.92 Å². The quantitative estimate of drug-likeness (QED) is 0.509. The maximum absolute atomic E-state index is 12.6. The summed E-state index contributed by atoms with van der Waals surface area (Å²) in [5.41, 5.74) is 3.36. The third-order valence-electron chi connectivity index (χ3n) is 4.23. The highest BCUT2D eigenvalue weighted by atomic mass is 35.5. The summed E-state index contributed by atoms with van der Waals surface area (Å²) in [6.07, 6.45) is 1.94. The van der Waals surface area contributed by atoms with Gasteiger partial charge in [0.2, 0.25) is 0 Å². The Hall–Kier alpha value is -2.83. The number of nitrogens with one attached hydrogen (secondary N) is 1. The molecular formula is C20H16ClN3O2S. The molecule has 0 saturated heterocycles. The standard InChI is InChI=1S/C20H16ClN3O2S/c1-12-18(19(25)22-15-5-3-4-14(21)10-15)27-20-23-17(11-24(12)20)13-6-8-16(26-2)9-7-13/h3-11H,1-2H3,(H,22,25). The van der Waals surface area contributed by atoms with E-state index in [-0.39, 0.29) is 5.91 Å². The van der Waals surface area contributed by atoms with E-state index in [1.165, 1.54) is 11.3 Å². The number of rotatable bonds is 4. The number of carbonyl (C=O) groups excluding carboxylic acids is 1. The van der Waals surface area contributed by atoms with Gasteiger partial charge >= 0.3 is 0 Å². The molecule has 0 atom stereocenters. The molecule has 1 N–H and O–H groups in total. The van der Waals surface area contributed by atoms with E-state index in [4.69, 9.17) is 16.3 Å². The molecular weight excluding hydrogens is 382 g/mol. The van der Waals surface area contributed by atoms with Crippen LogP contribution in [-0.4, -0.2) is 22.4 Å². The number of aromatic nitrogens is 2. The predicted octanol–water partition coefficient (Wildman–Crippen LogP) is 5.29. The van der Waals surface area contributed by atoms with Crippen LogP contribution >= 0.6 is 22.9 Å². The molecule has 4 rings (SSSR count). The van der Waals surface area contributed by atoms with Crippen LogP contribution in [0.25, 0.3) is 16.2 Å². The highest BCUT2D eigenvalue weighted by Crippen LogP contribution is 2.28. The molecule has 0 saturated carbocycles. The summed E-state index contributed by atoms with van der Waals surface area (Å²) >= 11 is 7.34. The van der Waals surface area contributed by atoms with Crippen LogP contribution in [0.1, 0.15) is 15.4 Å². The lowest BCUT2D eigenvalue weighted by molar-refractivity contribution is 0.102. The predicted molar refractivity (Wildman–Crippen MR) is 109 cm³/mol. The minimum absolute atomic E-state index is 0.170. The summed E-state index contributed by atoms with van der Waals surface area (Å²) in [6.45, 7) is 1.91. The van der Waals surface area contributed by atoms with Gasteiger partial charge in [-0.15, -0.1) is 0 Å². The van der Waals surface area contributed by atoms with Gasteiger partial charge in [0.05, 0.1) is 12.8 Å². The first-order valence-electron chi connectivity index (χ1n) is 8.25. The number of carbonyl (C=O) groups is 1. The van der Waals surface area contributed by atoms with E-state index in [0.717, 1.165) is 27.7 Å². The van der Waals surface area contributed by atoms with Crippen molar-refractivity contribution >= 4 is 39.5 Å². The Morgan fingerprint density at radius 2 is 2.00 bits per heavy atom. The van der Waals surface area contributed by atoms with Crippen LogP contribution in [0.2, 0.25) is 5.02 Å². The fraction of sp³-hybridized carbons (Fsp3) is 0.100. The van der Waals surface area contributed by atoms with Gasteiger partial charge in [-0.05, 0) is 49.4 Å². The molecule has 7 heteroatoms. The molecule has 27 heavy (non-hydrogen) atoms. The second-order valence-corrected chi connectivity index (χ2v) is 7.40. The summed E-state index contributed by atoms with van der Waals surface area (Å²) in [6, 6.07) is 14.8. The molecule has 0 bridgehead atoms. The molecule has 2 aromatic carbocycles. The monoisotopic (exact) mass is 397 g/mol. The molecule has 0 aliphatic rings. The smallest absolute Gasteiger partial charge is 0.267 e. The zero-order valence-corrected chi connectivity index (χ0v) is 16.3. The zero-order valence-electron chi connectivity index (χ0n) is 14.7. The van der Waals surface area contributed by atoms with Crippen molar-refractivity contribution < 1.29 is 9.53 Å². The zero-order chi connectivity index (χ0) is 19.0. The number of methoxy groups -OCH3 is 1. The van der Waals surface area contributed by atoms with Crippen molar-refractivity contribution in [2.45, 2.75) is 6.92 Å². The molecule has 0 fully saturated rings. The first-order chi connectivity index (χ1) is 13.0. The maximum atomic E-state index is 12.6. The van der Waals surface area contributed by atoms with Gasteiger partial charge in [-0.25, -0.2) is 4.98 Å². The van der Waals surface area contributed by atoms with Crippen LogP contribution in [0.4, 0.5) is 5.69 Å². The van der Waals surface area contributed by atoms with Crippen molar-refractivity contribution in [1.82, 2.24) is 9.38 Å². The van der Waals surface area contributed by atoms with E-state index in [9.17, 15) is 4.79 Å². The van der Waals surface area contributed by atoms with Crippen molar-refractivity contribution in [1.29, 1.82) is 0 Å². The van der Waals surface area contributed by atoms with Crippen molar-refractivity contribution in [3.05, 3.63) is 70.3 Å². The first-order valence-corrected chi connectivity index (χ1v) is 9.44. The van der Waals surface area contributed by atoms with Crippen LogP contribution in [-0.2, 0) is 0 Å². The third kappa shape index (κ3) is 3.41.